The molecular formula is H14Ba29O28S7+58. The molecule has 224 valence electrons. The first-order chi connectivity index (χ1) is 14.0. The normalized spacial score (nSPS) is 6.34. The smallest absolute Gasteiger partial charge is 0.264 e. The molecule has 0 heterocycles. The molecule has 0 saturated heterocycles. The third-order valence-corrected chi connectivity index (χ3v) is 0. The van der Waals surface area contributed by atoms with Crippen LogP contribution < -0.4 is 0 Å². The van der Waals surface area contributed by atoms with Crippen molar-refractivity contribution in [2.75, 3.05) is 0 Å². The fourth-order valence-corrected chi connectivity index (χ4v) is 0. The van der Waals surface area contributed by atoms with E-state index in [1.54, 1.807) is 0 Å². The molecule has 0 radical (unpaired) electrons. The van der Waals surface area contributed by atoms with Crippen molar-refractivity contribution in [2.45, 2.75) is 0 Å². The second-order valence-electron chi connectivity index (χ2n) is 3.13. The van der Waals surface area contributed by atoms with Crippen LogP contribution in [0.25, 0.3) is 0 Å². The first-order valence-electron chi connectivity index (χ1n) is 4.89. The maximum absolute atomic E-state index is 8.74. The Morgan fingerprint density at radius 3 is 0.109 bits per heavy atom. The third-order valence-electron chi connectivity index (χ3n) is 0. The van der Waals surface area contributed by atoms with E-state index in [9.17, 15) is 0 Å². The van der Waals surface area contributed by atoms with Gasteiger partial charge < -0.3 is 0 Å². The van der Waals surface area contributed by atoms with Gasteiger partial charge >= 0.3 is 1490 Å². The van der Waals surface area contributed by atoms with Gasteiger partial charge in [0.2, 0.25) is 0 Å². The van der Waals surface area contributed by atoms with E-state index in [0.29, 0.717) is 0 Å². The first-order valence-corrected chi connectivity index (χ1v) is 14.7. The third kappa shape index (κ3) is 597. The van der Waals surface area contributed by atoms with Crippen molar-refractivity contribution in [1.82, 2.24) is 0 Å². The van der Waals surface area contributed by atoms with E-state index in [2.05, 4.69) is 0 Å². The Labute approximate surface area is 1550 Å². The van der Waals surface area contributed by atoms with Gasteiger partial charge in [-0.2, -0.15) is 58.9 Å². The van der Waals surface area contributed by atoms with Gasteiger partial charge in [0, 0.05) is 0 Å². The molecule has 0 aromatic carbocycles. The Kier molecular flexibility index (Phi) is 608. The van der Waals surface area contributed by atoms with Gasteiger partial charge in [-0.05, 0) is 0 Å². The molecule has 0 spiro atoms. The van der Waals surface area contributed by atoms with Crippen molar-refractivity contribution < 1.29 is 123 Å². The molecule has 64 heavy (non-hydrogen) atoms. The van der Waals surface area contributed by atoms with Crippen LogP contribution in [0.5, 0.6) is 0 Å². The van der Waals surface area contributed by atoms with Gasteiger partial charge in [0.15, 0.2) is 0 Å². The second-order valence-corrected chi connectivity index (χ2v) is 9.40. The van der Waals surface area contributed by atoms with Crippen LogP contribution in [0.2, 0.25) is 0 Å². The van der Waals surface area contributed by atoms with E-state index < -0.39 is 72.8 Å². The number of hydrogen-bond donors (Lipinski definition) is 14. The SMILES string of the molecule is O=S(=O)(O)O.O=S(=O)(O)O.O=S(=O)(O)O.O=S(=O)(O)O.O=S(=O)(O)O.O=S(=O)(O)O.O=S(=O)(O)O.[Ba+2].[Ba+2].[Ba+2].[Ba+2].[Ba+2].[Ba+2].[Ba+2].[Ba+2].[Ba+2].[Ba+2].[Ba+2].[Ba+2].[Ba+2].[Ba+2].[Ba+2].[Ba+2].[Ba+2].[Ba+2].[Ba+2].[Ba+2].[Ba+2].[Ba+2].[Ba+2].[Ba+2].[Ba+2].[Ba+2].[Ba+2].[Ba+2].[Ba+2]. The largest absolute Gasteiger partial charge is 2.00 e. The van der Waals surface area contributed by atoms with Crippen LogP contribution in [0.1, 0.15) is 0 Å². The Morgan fingerprint density at radius 2 is 0.109 bits per heavy atom. The zero-order valence-corrected chi connectivity index (χ0v) is 170. The van der Waals surface area contributed by atoms with Gasteiger partial charge in [0.25, 0.3) is 0 Å². The molecule has 0 amide bonds. The predicted molar refractivity (Wildman–Crippen MR) is 266 cm³/mol. The summed E-state index contributed by atoms with van der Waals surface area (Å²) in [5.74, 6) is 0. The minimum absolute atomic E-state index is 0. The molecule has 14 N–H and O–H groups in total. The molecule has 28 nitrogen and oxygen atoms in total. The van der Waals surface area contributed by atoms with Crippen molar-refractivity contribution in [3.63, 3.8) is 0 Å². The number of hydrogen-bond acceptors (Lipinski definition) is 14. The molecule has 0 aliphatic rings. The summed E-state index contributed by atoms with van der Waals surface area (Å²) in [5, 5.41) is 0. The van der Waals surface area contributed by atoms with Crippen LogP contribution in [0.15, 0.2) is 0 Å². The Hall–Kier alpha value is 44.7. The number of rotatable bonds is 0. The van der Waals surface area contributed by atoms with Crippen LogP contribution in [0.3, 0.4) is 0 Å². The molecule has 0 saturated carbocycles. The minimum atomic E-state index is -4.67. The second kappa shape index (κ2) is 163. The summed E-state index contributed by atoms with van der Waals surface area (Å²) in [4.78, 5) is 0. The summed E-state index contributed by atoms with van der Waals surface area (Å²) in [6.45, 7) is 0. The van der Waals surface area contributed by atoms with Crippen molar-refractivity contribution in [2.24, 2.45) is 0 Å². The van der Waals surface area contributed by atoms with E-state index >= 15 is 0 Å². The van der Waals surface area contributed by atoms with Crippen LogP contribution in [-0.4, -0.2) is 1540 Å². The first kappa shape index (κ1) is 239. The molecular weight excluding hydrogens is 4650 g/mol. The molecule has 0 unspecified atom stereocenters. The van der Waals surface area contributed by atoms with Gasteiger partial charge in [0.05, 0.1) is 0 Å². The Morgan fingerprint density at radius 1 is 0.109 bits per heavy atom. The Bertz CT molecular complexity index is 966. The van der Waals surface area contributed by atoms with Crippen LogP contribution >= 0.6 is 0 Å². The summed E-state index contributed by atoms with van der Waals surface area (Å²) in [6.07, 6.45) is 0. The monoisotopic (exact) mass is 4680 g/mol. The van der Waals surface area contributed by atoms with E-state index in [1.165, 1.54) is 0 Å². The van der Waals surface area contributed by atoms with Crippen LogP contribution in [-0.2, 0) is 72.8 Å². The fraction of sp³-hybridized carbons (Fsp3) is 0. The van der Waals surface area contributed by atoms with Crippen LogP contribution in [0.4, 0.5) is 0 Å². The van der Waals surface area contributed by atoms with E-state index in [0.717, 1.165) is 0 Å². The average molecular weight is 4670 g/mol. The minimum Gasteiger partial charge on any atom is -0.264 e. The molecule has 0 rings (SSSR count). The standard InChI is InChI=1S/29Ba.7H2O4S/c;;;;;;;;;;;;;;;;;;;;;;;;;;;;;7*1-5(2,3)4/h;;;;;;;;;;;;;;;;;;;;;;;;;;;;;7*(H2,1,2,3,4)/q29*+2;;;;;;;. The molecule has 0 atom stereocenters. The van der Waals surface area contributed by atoms with Crippen molar-refractivity contribution in [3.05, 3.63) is 0 Å². The quantitative estimate of drug-likeness (QED) is 0.0791. The van der Waals surface area contributed by atoms with Gasteiger partial charge in [-0.1, -0.05) is 0 Å². The van der Waals surface area contributed by atoms with E-state index in [-0.39, 0.29) is 1420 Å². The molecule has 0 aliphatic heterocycles. The van der Waals surface area contributed by atoms with Gasteiger partial charge in [-0.3, -0.25) is 63.7 Å². The van der Waals surface area contributed by atoms with Gasteiger partial charge in [-0.15, -0.1) is 0 Å². The predicted octanol–water partition coefficient (Wildman–Crippen LogP) is -15.6. The Balaban J connectivity index is -0.00000000391. The average Bonchev–Trinajstić information content (AvgIpc) is 2.06. The van der Waals surface area contributed by atoms with Crippen molar-refractivity contribution in [3.8, 4) is 0 Å². The fourth-order valence-electron chi connectivity index (χ4n) is 0. The maximum atomic E-state index is 8.74. The summed E-state index contributed by atoms with van der Waals surface area (Å²) >= 11 is 0. The zero-order chi connectivity index (χ0) is 31.5. The molecule has 0 aliphatic carbocycles. The molecule has 0 aromatic rings. The molecule has 64 heteroatoms. The van der Waals surface area contributed by atoms with Crippen LogP contribution in [0, 0.1) is 0 Å². The zero-order valence-electron chi connectivity index (χ0n) is 35.3. The summed E-state index contributed by atoms with van der Waals surface area (Å²) in [5.41, 5.74) is 0. The van der Waals surface area contributed by atoms with E-state index in [1.807, 2.05) is 0 Å². The van der Waals surface area contributed by atoms with Gasteiger partial charge in [0.1, 0.15) is 0 Å². The van der Waals surface area contributed by atoms with Crippen molar-refractivity contribution >= 4 is 1490 Å². The summed E-state index contributed by atoms with van der Waals surface area (Å²) in [7, 11) is -32.7. The van der Waals surface area contributed by atoms with E-state index in [4.69, 9.17) is 123 Å². The maximum Gasteiger partial charge on any atom is 2.00 e. The molecule has 0 aromatic heterocycles. The van der Waals surface area contributed by atoms with Crippen molar-refractivity contribution in [1.29, 1.82) is 0 Å². The molecule has 0 fully saturated rings. The summed E-state index contributed by atoms with van der Waals surface area (Å²) in [6, 6.07) is 0. The topological polar surface area (TPSA) is 522 Å². The summed E-state index contributed by atoms with van der Waals surface area (Å²) < 4.78 is 221. The molecule has 0 bridgehead atoms. The van der Waals surface area contributed by atoms with Gasteiger partial charge in [-0.25, -0.2) is 0 Å².